The van der Waals surface area contributed by atoms with Crippen LogP contribution in [0.4, 0.5) is 0 Å². The fourth-order valence-corrected chi connectivity index (χ4v) is 2.43. The molecule has 4 nitrogen and oxygen atoms in total. The third-order valence-corrected chi connectivity index (χ3v) is 3.40. The van der Waals surface area contributed by atoms with Crippen molar-refractivity contribution in [3.05, 3.63) is 23.4 Å². The van der Waals surface area contributed by atoms with Gasteiger partial charge in [-0.1, -0.05) is 12.8 Å². The van der Waals surface area contributed by atoms with Crippen LogP contribution in [0, 0.1) is 0 Å². The van der Waals surface area contributed by atoms with Crippen LogP contribution in [-0.4, -0.2) is 15.2 Å². The number of halogens is 1. The topological polar surface area (TPSA) is 54.7 Å². The standard InChI is InChI=1S/C11H12ClN3O/c12-9-8(5-6-16-9)11-13-10(14-15-11)7-3-1-2-4-7/h5-7H,1-4H2,(H,13,14,15). The van der Waals surface area contributed by atoms with Gasteiger partial charge in [-0.15, -0.1) is 0 Å². The lowest BCUT2D eigenvalue weighted by Gasteiger charge is -2.01. The fraction of sp³-hybridized carbons (Fsp3) is 0.455. The van der Waals surface area contributed by atoms with Crippen molar-refractivity contribution in [3.63, 3.8) is 0 Å². The summed E-state index contributed by atoms with van der Waals surface area (Å²) in [4.78, 5) is 4.48. The molecule has 1 saturated carbocycles. The Hall–Kier alpha value is -1.29. The van der Waals surface area contributed by atoms with Gasteiger partial charge in [-0.3, -0.25) is 5.10 Å². The Kier molecular flexibility index (Phi) is 2.44. The number of furan rings is 1. The third-order valence-electron chi connectivity index (χ3n) is 3.10. The smallest absolute Gasteiger partial charge is 0.204 e. The first-order valence-electron chi connectivity index (χ1n) is 5.50. The van der Waals surface area contributed by atoms with Gasteiger partial charge in [0.25, 0.3) is 0 Å². The Balaban J connectivity index is 1.90. The summed E-state index contributed by atoms with van der Waals surface area (Å²) < 4.78 is 5.03. The molecule has 2 aromatic rings. The van der Waals surface area contributed by atoms with Crippen LogP contribution in [-0.2, 0) is 0 Å². The molecule has 0 saturated heterocycles. The molecule has 0 atom stereocenters. The quantitative estimate of drug-likeness (QED) is 0.871. The highest BCUT2D eigenvalue weighted by molar-refractivity contribution is 6.31. The second-order valence-electron chi connectivity index (χ2n) is 4.13. The molecule has 0 aliphatic heterocycles. The third kappa shape index (κ3) is 1.63. The van der Waals surface area contributed by atoms with Crippen LogP contribution < -0.4 is 0 Å². The molecule has 0 radical (unpaired) electrons. The van der Waals surface area contributed by atoms with E-state index in [1.165, 1.54) is 25.7 Å². The number of nitrogens with zero attached hydrogens (tertiary/aromatic N) is 2. The van der Waals surface area contributed by atoms with Crippen molar-refractivity contribution < 1.29 is 4.42 Å². The molecule has 0 aromatic carbocycles. The van der Waals surface area contributed by atoms with E-state index in [0.29, 0.717) is 17.0 Å². The summed E-state index contributed by atoms with van der Waals surface area (Å²) in [6, 6.07) is 1.78. The molecule has 1 fully saturated rings. The maximum atomic E-state index is 5.88. The lowest BCUT2D eigenvalue weighted by atomic mass is 10.1. The molecule has 84 valence electrons. The van der Waals surface area contributed by atoms with Crippen molar-refractivity contribution in [3.8, 4) is 11.4 Å². The largest absolute Gasteiger partial charge is 0.452 e. The minimum Gasteiger partial charge on any atom is -0.452 e. The SMILES string of the molecule is Clc1occc1-c1n[nH]c(C2CCCC2)n1. The summed E-state index contributed by atoms with van der Waals surface area (Å²) in [5.41, 5.74) is 0.752. The molecule has 1 aliphatic rings. The zero-order valence-corrected chi connectivity index (χ0v) is 9.50. The Morgan fingerprint density at radius 1 is 1.38 bits per heavy atom. The number of H-pyrrole nitrogens is 1. The van der Waals surface area contributed by atoms with Gasteiger partial charge in [0.05, 0.1) is 11.8 Å². The Morgan fingerprint density at radius 2 is 2.19 bits per heavy atom. The van der Waals surface area contributed by atoms with Crippen LogP contribution in [0.15, 0.2) is 16.7 Å². The van der Waals surface area contributed by atoms with E-state index >= 15 is 0 Å². The van der Waals surface area contributed by atoms with Crippen LogP contribution in [0.5, 0.6) is 0 Å². The summed E-state index contributed by atoms with van der Waals surface area (Å²) in [6.45, 7) is 0. The van der Waals surface area contributed by atoms with E-state index in [4.69, 9.17) is 16.0 Å². The zero-order chi connectivity index (χ0) is 11.0. The number of hydrogen-bond donors (Lipinski definition) is 1. The molecule has 3 rings (SSSR count). The average molecular weight is 238 g/mol. The maximum Gasteiger partial charge on any atom is 0.204 e. The van der Waals surface area contributed by atoms with Crippen molar-refractivity contribution in [2.24, 2.45) is 0 Å². The molecule has 5 heteroatoms. The first-order valence-corrected chi connectivity index (χ1v) is 5.88. The van der Waals surface area contributed by atoms with Crippen LogP contribution in [0.1, 0.15) is 37.4 Å². The van der Waals surface area contributed by atoms with Crippen molar-refractivity contribution in [1.82, 2.24) is 15.2 Å². The van der Waals surface area contributed by atoms with E-state index in [1.54, 1.807) is 12.3 Å². The van der Waals surface area contributed by atoms with Crippen LogP contribution >= 0.6 is 11.6 Å². The maximum absolute atomic E-state index is 5.88. The van der Waals surface area contributed by atoms with Gasteiger partial charge in [0.15, 0.2) is 5.82 Å². The molecule has 0 unspecified atom stereocenters. The van der Waals surface area contributed by atoms with Crippen LogP contribution in [0.3, 0.4) is 0 Å². The Labute approximate surface area is 98.0 Å². The summed E-state index contributed by atoms with van der Waals surface area (Å²) in [7, 11) is 0. The van der Waals surface area contributed by atoms with Gasteiger partial charge in [-0.25, -0.2) is 4.98 Å². The highest BCUT2D eigenvalue weighted by Gasteiger charge is 2.21. The highest BCUT2D eigenvalue weighted by Crippen LogP contribution is 2.33. The highest BCUT2D eigenvalue weighted by atomic mass is 35.5. The van der Waals surface area contributed by atoms with Crippen molar-refractivity contribution >= 4 is 11.6 Å². The molecule has 0 bridgehead atoms. The zero-order valence-electron chi connectivity index (χ0n) is 8.74. The van der Waals surface area contributed by atoms with E-state index in [2.05, 4.69) is 15.2 Å². The van der Waals surface area contributed by atoms with Crippen LogP contribution in [0.2, 0.25) is 5.22 Å². The minimum atomic E-state index is 0.344. The molecule has 0 spiro atoms. The Morgan fingerprint density at radius 3 is 2.88 bits per heavy atom. The summed E-state index contributed by atoms with van der Waals surface area (Å²) >= 11 is 5.88. The molecular weight excluding hydrogens is 226 g/mol. The van der Waals surface area contributed by atoms with Gasteiger partial charge in [-0.2, -0.15) is 5.10 Å². The monoisotopic (exact) mass is 237 g/mol. The average Bonchev–Trinajstić information content (AvgIpc) is 2.96. The van der Waals surface area contributed by atoms with Crippen molar-refractivity contribution in [1.29, 1.82) is 0 Å². The van der Waals surface area contributed by atoms with E-state index < -0.39 is 0 Å². The molecule has 16 heavy (non-hydrogen) atoms. The van der Waals surface area contributed by atoms with Gasteiger partial charge >= 0.3 is 0 Å². The predicted molar refractivity (Wildman–Crippen MR) is 60.3 cm³/mol. The number of aromatic amines is 1. The lowest BCUT2D eigenvalue weighted by Crippen LogP contribution is -1.94. The molecular formula is C11H12ClN3O. The Bertz CT molecular complexity index is 485. The molecule has 1 aliphatic carbocycles. The van der Waals surface area contributed by atoms with E-state index in [1.807, 2.05) is 0 Å². The first kappa shape index (κ1) is 9.90. The van der Waals surface area contributed by atoms with Gasteiger partial charge in [0.1, 0.15) is 5.82 Å². The van der Waals surface area contributed by atoms with E-state index in [0.717, 1.165) is 11.4 Å². The lowest BCUT2D eigenvalue weighted by molar-refractivity contribution is 0.570. The van der Waals surface area contributed by atoms with Gasteiger partial charge in [0.2, 0.25) is 5.22 Å². The second-order valence-corrected chi connectivity index (χ2v) is 4.48. The second kappa shape index (κ2) is 3.94. The van der Waals surface area contributed by atoms with Gasteiger partial charge < -0.3 is 4.42 Å². The summed E-state index contributed by atoms with van der Waals surface area (Å²) in [5.74, 6) is 2.14. The molecule has 2 heterocycles. The van der Waals surface area contributed by atoms with Gasteiger partial charge in [0, 0.05) is 5.92 Å². The summed E-state index contributed by atoms with van der Waals surface area (Å²) in [5, 5.41) is 7.53. The van der Waals surface area contributed by atoms with Crippen molar-refractivity contribution in [2.45, 2.75) is 31.6 Å². The number of aromatic nitrogens is 3. The predicted octanol–water partition coefficient (Wildman–Crippen LogP) is 3.38. The molecule has 0 amide bonds. The number of nitrogens with one attached hydrogen (secondary N) is 1. The first-order chi connectivity index (χ1) is 7.84. The molecule has 1 N–H and O–H groups in total. The fourth-order valence-electron chi connectivity index (χ4n) is 2.23. The minimum absolute atomic E-state index is 0.344. The van der Waals surface area contributed by atoms with Crippen LogP contribution in [0.25, 0.3) is 11.4 Å². The van der Waals surface area contributed by atoms with Gasteiger partial charge in [-0.05, 0) is 30.5 Å². The van der Waals surface area contributed by atoms with Crippen molar-refractivity contribution in [2.75, 3.05) is 0 Å². The number of hydrogen-bond acceptors (Lipinski definition) is 3. The summed E-state index contributed by atoms with van der Waals surface area (Å²) in [6.07, 6.45) is 6.52. The number of rotatable bonds is 2. The van der Waals surface area contributed by atoms with E-state index in [9.17, 15) is 0 Å². The van der Waals surface area contributed by atoms with E-state index in [-0.39, 0.29) is 0 Å². The normalized spacial score (nSPS) is 17.1. The molecule has 2 aromatic heterocycles.